The van der Waals surface area contributed by atoms with Crippen LogP contribution in [0.25, 0.3) is 0 Å². The molecule has 0 bridgehead atoms. The number of ketones is 1. The second-order valence-corrected chi connectivity index (χ2v) is 10.3. The van der Waals surface area contributed by atoms with Crippen LogP contribution >= 0.6 is 0 Å². The number of nitriles is 1. The van der Waals surface area contributed by atoms with Crippen molar-refractivity contribution < 1.29 is 14.7 Å². The number of nitrogens with zero attached hydrogens (tertiary/aromatic N) is 2. The highest BCUT2D eigenvalue weighted by molar-refractivity contribution is 5.92. The van der Waals surface area contributed by atoms with Gasteiger partial charge in [-0.3, -0.25) is 9.59 Å². The summed E-state index contributed by atoms with van der Waals surface area (Å²) in [5.74, 6) is 2.50. The fourth-order valence-electron chi connectivity index (χ4n) is 6.28. The van der Waals surface area contributed by atoms with Crippen LogP contribution in [0.2, 0.25) is 0 Å². The number of hydrogen-bond acceptors (Lipinski definition) is 4. The predicted molar refractivity (Wildman–Crippen MR) is 110 cm³/mol. The lowest BCUT2D eigenvalue weighted by Gasteiger charge is -2.39. The molecule has 5 nitrogen and oxygen atoms in total. The molecule has 0 aromatic heterocycles. The molecule has 4 fully saturated rings. The molecule has 1 heterocycles. The van der Waals surface area contributed by atoms with Gasteiger partial charge in [-0.15, -0.1) is 0 Å². The van der Waals surface area contributed by atoms with E-state index in [0.29, 0.717) is 57.0 Å². The van der Waals surface area contributed by atoms with E-state index < -0.39 is 5.60 Å². The Kier molecular flexibility index (Phi) is 6.30. The normalized spacial score (nSPS) is 35.0. The minimum Gasteiger partial charge on any atom is -0.382 e. The van der Waals surface area contributed by atoms with E-state index in [0.717, 1.165) is 37.5 Å². The summed E-state index contributed by atoms with van der Waals surface area (Å²) in [6.45, 7) is 1.34. The Morgan fingerprint density at radius 3 is 2.24 bits per heavy atom. The molecule has 2 unspecified atom stereocenters. The number of Topliss-reactive ketones (excluding diaryl/α,β-unsaturated/α-hetero) is 1. The fourth-order valence-corrected chi connectivity index (χ4v) is 6.28. The van der Waals surface area contributed by atoms with Crippen LogP contribution < -0.4 is 0 Å². The van der Waals surface area contributed by atoms with Crippen molar-refractivity contribution in [2.45, 2.75) is 89.1 Å². The van der Waals surface area contributed by atoms with E-state index in [1.807, 2.05) is 4.90 Å². The zero-order valence-corrected chi connectivity index (χ0v) is 17.7. The Morgan fingerprint density at radius 2 is 1.62 bits per heavy atom. The minimum absolute atomic E-state index is 0.0206. The van der Waals surface area contributed by atoms with Gasteiger partial charge in [0.15, 0.2) is 5.78 Å². The summed E-state index contributed by atoms with van der Waals surface area (Å²) in [4.78, 5) is 27.3. The van der Waals surface area contributed by atoms with E-state index in [9.17, 15) is 14.7 Å². The molecular formula is C24H36N2O3. The number of hydrogen-bond donors (Lipinski definition) is 1. The summed E-state index contributed by atoms with van der Waals surface area (Å²) in [6.07, 6.45) is 12.7. The second-order valence-electron chi connectivity index (χ2n) is 10.3. The van der Waals surface area contributed by atoms with Gasteiger partial charge in [0, 0.05) is 31.3 Å². The van der Waals surface area contributed by atoms with Crippen LogP contribution in [0.3, 0.4) is 0 Å². The van der Waals surface area contributed by atoms with E-state index in [2.05, 4.69) is 6.07 Å². The number of carbonyl (C=O) groups is 2. The van der Waals surface area contributed by atoms with Crippen LogP contribution in [-0.4, -0.2) is 40.4 Å². The number of carbonyl (C=O) groups excluding carboxylic acids is 2. The van der Waals surface area contributed by atoms with Gasteiger partial charge in [0.1, 0.15) is 5.60 Å². The molecular weight excluding hydrogens is 364 g/mol. The maximum atomic E-state index is 13.0. The molecule has 160 valence electrons. The van der Waals surface area contributed by atoms with Crippen molar-refractivity contribution in [3.05, 3.63) is 0 Å². The predicted octanol–water partition coefficient (Wildman–Crippen LogP) is 3.85. The highest BCUT2D eigenvalue weighted by Gasteiger charge is 2.50. The van der Waals surface area contributed by atoms with Gasteiger partial charge in [0.2, 0.25) is 5.91 Å². The fraction of sp³-hybridized carbons (Fsp3) is 0.875. The molecule has 1 saturated heterocycles. The zero-order valence-electron chi connectivity index (χ0n) is 17.7. The van der Waals surface area contributed by atoms with Crippen molar-refractivity contribution in [3.8, 4) is 6.07 Å². The Morgan fingerprint density at radius 1 is 0.931 bits per heavy atom. The third-order valence-electron chi connectivity index (χ3n) is 8.35. The van der Waals surface area contributed by atoms with Crippen LogP contribution in [0.5, 0.6) is 0 Å². The summed E-state index contributed by atoms with van der Waals surface area (Å²) in [5, 5.41) is 19.1. The molecule has 0 spiro atoms. The first-order valence-electron chi connectivity index (χ1n) is 11.9. The molecule has 1 N–H and O–H groups in total. The highest BCUT2D eigenvalue weighted by Crippen LogP contribution is 2.43. The summed E-state index contributed by atoms with van der Waals surface area (Å²) in [6, 6.07) is 2.36. The quantitative estimate of drug-likeness (QED) is 0.760. The third-order valence-corrected chi connectivity index (χ3v) is 8.35. The third kappa shape index (κ3) is 4.68. The SMILES string of the molecule is N#CCC1CCCC(C2CCC(C(=O)N3CCC(C(=O)C4(O)CC4)CC3)CC2)C1. The second kappa shape index (κ2) is 8.76. The summed E-state index contributed by atoms with van der Waals surface area (Å²) >= 11 is 0. The lowest BCUT2D eigenvalue weighted by atomic mass is 9.68. The number of likely N-dealkylation sites (tertiary alicyclic amines) is 1. The number of aliphatic hydroxyl groups is 1. The molecule has 0 aromatic rings. The number of amides is 1. The molecule has 4 aliphatic rings. The average Bonchev–Trinajstić information content (AvgIpc) is 3.52. The van der Waals surface area contributed by atoms with E-state index in [-0.39, 0.29) is 17.6 Å². The van der Waals surface area contributed by atoms with Gasteiger partial charge < -0.3 is 10.0 Å². The Hall–Kier alpha value is -1.41. The maximum absolute atomic E-state index is 13.0. The van der Waals surface area contributed by atoms with Crippen molar-refractivity contribution in [1.29, 1.82) is 5.26 Å². The van der Waals surface area contributed by atoms with Gasteiger partial charge in [0.05, 0.1) is 6.07 Å². The largest absolute Gasteiger partial charge is 0.382 e. The smallest absolute Gasteiger partial charge is 0.225 e. The molecule has 0 aromatic carbocycles. The van der Waals surface area contributed by atoms with Crippen molar-refractivity contribution in [3.63, 3.8) is 0 Å². The number of piperidine rings is 1. The van der Waals surface area contributed by atoms with E-state index in [1.165, 1.54) is 25.7 Å². The van der Waals surface area contributed by atoms with Gasteiger partial charge in [-0.25, -0.2) is 0 Å². The van der Waals surface area contributed by atoms with Crippen molar-refractivity contribution >= 4 is 11.7 Å². The summed E-state index contributed by atoms with van der Waals surface area (Å²) in [7, 11) is 0. The van der Waals surface area contributed by atoms with Gasteiger partial charge in [-0.1, -0.05) is 12.8 Å². The van der Waals surface area contributed by atoms with Crippen LogP contribution in [0, 0.1) is 40.9 Å². The first kappa shape index (κ1) is 20.8. The zero-order chi connectivity index (χ0) is 20.4. The van der Waals surface area contributed by atoms with Crippen LogP contribution in [-0.2, 0) is 9.59 Å². The van der Waals surface area contributed by atoms with Gasteiger partial charge in [-0.05, 0) is 82.0 Å². The first-order chi connectivity index (χ1) is 14.0. The topological polar surface area (TPSA) is 81.4 Å². The molecule has 29 heavy (non-hydrogen) atoms. The number of rotatable bonds is 5. The van der Waals surface area contributed by atoms with Crippen LogP contribution in [0.4, 0.5) is 0 Å². The molecule has 1 aliphatic heterocycles. The van der Waals surface area contributed by atoms with E-state index in [4.69, 9.17) is 5.26 Å². The van der Waals surface area contributed by atoms with Crippen LogP contribution in [0.1, 0.15) is 83.5 Å². The van der Waals surface area contributed by atoms with Gasteiger partial charge in [-0.2, -0.15) is 5.26 Å². The van der Waals surface area contributed by atoms with Gasteiger partial charge in [0.25, 0.3) is 0 Å². The molecule has 2 atom stereocenters. The standard InChI is InChI=1S/C24H36N2O3/c25-13-8-17-2-1-3-21(16-17)18-4-6-20(7-5-18)23(28)26-14-9-19(10-15-26)22(27)24(29)11-12-24/h17-21,29H,1-12,14-16H2. The lowest BCUT2D eigenvalue weighted by molar-refractivity contribution is -0.142. The van der Waals surface area contributed by atoms with Crippen molar-refractivity contribution in [1.82, 2.24) is 4.90 Å². The first-order valence-corrected chi connectivity index (χ1v) is 11.9. The van der Waals surface area contributed by atoms with E-state index >= 15 is 0 Å². The van der Waals surface area contributed by atoms with Crippen molar-refractivity contribution in [2.24, 2.45) is 29.6 Å². The summed E-state index contributed by atoms with van der Waals surface area (Å²) < 4.78 is 0. The Balaban J connectivity index is 1.21. The maximum Gasteiger partial charge on any atom is 0.225 e. The van der Waals surface area contributed by atoms with Crippen LogP contribution in [0.15, 0.2) is 0 Å². The highest BCUT2D eigenvalue weighted by atomic mass is 16.3. The summed E-state index contributed by atoms with van der Waals surface area (Å²) in [5.41, 5.74) is -1.03. The van der Waals surface area contributed by atoms with Gasteiger partial charge >= 0.3 is 0 Å². The molecule has 4 rings (SSSR count). The molecule has 5 heteroatoms. The molecule has 1 amide bonds. The van der Waals surface area contributed by atoms with Crippen molar-refractivity contribution in [2.75, 3.05) is 13.1 Å². The van der Waals surface area contributed by atoms with E-state index in [1.54, 1.807) is 0 Å². The Labute approximate surface area is 174 Å². The Bertz CT molecular complexity index is 650. The molecule has 0 radical (unpaired) electrons. The minimum atomic E-state index is -1.03. The lowest BCUT2D eigenvalue weighted by Crippen LogP contribution is -2.45. The monoisotopic (exact) mass is 400 g/mol. The molecule has 3 aliphatic carbocycles. The average molecular weight is 401 g/mol. The molecule has 3 saturated carbocycles.